The van der Waals surface area contributed by atoms with Crippen LogP contribution in [0.4, 0.5) is 5.69 Å². The predicted molar refractivity (Wildman–Crippen MR) is 81.8 cm³/mol. The van der Waals surface area contributed by atoms with Gasteiger partial charge in [-0.1, -0.05) is 0 Å². The Morgan fingerprint density at radius 3 is 2.35 bits per heavy atom. The molecule has 2 aromatic rings. The molecule has 0 heterocycles. The summed E-state index contributed by atoms with van der Waals surface area (Å²) < 4.78 is 15.5. The molecule has 0 unspecified atom stereocenters. The summed E-state index contributed by atoms with van der Waals surface area (Å²) in [6.45, 7) is -0.00378. The van der Waals surface area contributed by atoms with Crippen molar-refractivity contribution in [2.75, 3.05) is 14.2 Å². The monoisotopic (exact) mass is 317 g/mol. The average molecular weight is 317 g/mol. The van der Waals surface area contributed by atoms with E-state index < -0.39 is 10.9 Å². The molecule has 0 aliphatic heterocycles. The quantitative estimate of drug-likeness (QED) is 0.462. The number of ether oxygens (including phenoxy) is 3. The van der Waals surface area contributed by atoms with Gasteiger partial charge in [-0.15, -0.1) is 0 Å². The Balaban J connectivity index is 2.08. The van der Waals surface area contributed by atoms with Gasteiger partial charge in [0.15, 0.2) is 0 Å². The first kappa shape index (κ1) is 16.3. The van der Waals surface area contributed by atoms with Gasteiger partial charge in [0.1, 0.15) is 18.1 Å². The van der Waals surface area contributed by atoms with E-state index in [4.69, 9.17) is 14.2 Å². The number of carbonyl (C=O) groups is 1. The maximum absolute atomic E-state index is 12.0. The molecule has 0 N–H and O–H groups in total. The Morgan fingerprint density at radius 1 is 1.09 bits per heavy atom. The fourth-order valence-corrected chi connectivity index (χ4v) is 1.94. The van der Waals surface area contributed by atoms with Crippen LogP contribution < -0.4 is 9.47 Å². The van der Waals surface area contributed by atoms with E-state index in [0.717, 1.165) is 0 Å². The van der Waals surface area contributed by atoms with Gasteiger partial charge in [-0.25, -0.2) is 4.79 Å². The summed E-state index contributed by atoms with van der Waals surface area (Å²) in [5.74, 6) is 0.610. The molecule has 0 radical (unpaired) electrons. The van der Waals surface area contributed by atoms with Crippen molar-refractivity contribution in [2.45, 2.75) is 6.61 Å². The first-order valence-electron chi connectivity index (χ1n) is 6.67. The molecule has 0 aliphatic carbocycles. The largest absolute Gasteiger partial charge is 0.497 e. The van der Waals surface area contributed by atoms with Crippen LogP contribution in [0.5, 0.6) is 11.5 Å². The van der Waals surface area contributed by atoms with E-state index in [9.17, 15) is 14.9 Å². The number of methoxy groups -OCH3 is 2. The predicted octanol–water partition coefficient (Wildman–Crippen LogP) is 2.97. The van der Waals surface area contributed by atoms with Crippen LogP contribution >= 0.6 is 0 Å². The zero-order valence-corrected chi connectivity index (χ0v) is 12.6. The van der Waals surface area contributed by atoms with Crippen molar-refractivity contribution in [3.8, 4) is 11.5 Å². The van der Waals surface area contributed by atoms with Crippen LogP contribution in [-0.2, 0) is 11.3 Å². The lowest BCUT2D eigenvalue weighted by molar-refractivity contribution is -0.384. The molecule has 0 bridgehead atoms. The van der Waals surface area contributed by atoms with E-state index in [0.29, 0.717) is 17.1 Å². The SMILES string of the molecule is COc1ccc(OC)c(COC(=O)c2ccc([N+](=O)[O-])cc2)c1. The van der Waals surface area contributed by atoms with Gasteiger partial charge >= 0.3 is 5.97 Å². The minimum absolute atomic E-state index is 0.00378. The van der Waals surface area contributed by atoms with Crippen molar-refractivity contribution in [1.82, 2.24) is 0 Å². The number of rotatable bonds is 6. The number of benzene rings is 2. The first-order chi connectivity index (χ1) is 11.0. The Labute approximate surface area is 132 Å². The third kappa shape index (κ3) is 3.97. The van der Waals surface area contributed by atoms with Crippen molar-refractivity contribution in [3.05, 3.63) is 63.7 Å². The number of nitrogens with zero attached hydrogens (tertiary/aromatic N) is 1. The summed E-state index contributed by atoms with van der Waals surface area (Å²) in [7, 11) is 3.05. The number of nitro benzene ring substituents is 1. The lowest BCUT2D eigenvalue weighted by Gasteiger charge is -2.11. The Kier molecular flexibility index (Phi) is 5.14. The van der Waals surface area contributed by atoms with Crippen molar-refractivity contribution in [2.24, 2.45) is 0 Å². The van der Waals surface area contributed by atoms with Crippen LogP contribution in [0.3, 0.4) is 0 Å². The molecule has 7 nitrogen and oxygen atoms in total. The van der Waals surface area contributed by atoms with Gasteiger partial charge in [-0.3, -0.25) is 10.1 Å². The fourth-order valence-electron chi connectivity index (χ4n) is 1.94. The summed E-state index contributed by atoms with van der Waals surface area (Å²) in [6, 6.07) is 10.4. The number of non-ortho nitro benzene ring substituents is 1. The maximum atomic E-state index is 12.0. The molecule has 0 saturated heterocycles. The highest BCUT2D eigenvalue weighted by atomic mass is 16.6. The zero-order chi connectivity index (χ0) is 16.8. The summed E-state index contributed by atoms with van der Waals surface area (Å²) >= 11 is 0. The van der Waals surface area contributed by atoms with Crippen LogP contribution in [0.1, 0.15) is 15.9 Å². The topological polar surface area (TPSA) is 87.9 Å². The van der Waals surface area contributed by atoms with Crippen LogP contribution in [-0.4, -0.2) is 25.1 Å². The molecule has 7 heteroatoms. The highest BCUT2D eigenvalue weighted by molar-refractivity contribution is 5.89. The second-order valence-corrected chi connectivity index (χ2v) is 4.56. The number of esters is 1. The van der Waals surface area contributed by atoms with Gasteiger partial charge in [0.25, 0.3) is 5.69 Å². The molecule has 0 amide bonds. The Hall–Kier alpha value is -3.09. The minimum atomic E-state index is -0.579. The Morgan fingerprint density at radius 2 is 1.78 bits per heavy atom. The highest BCUT2D eigenvalue weighted by Crippen LogP contribution is 2.25. The van der Waals surface area contributed by atoms with Gasteiger partial charge in [-0.2, -0.15) is 0 Å². The van der Waals surface area contributed by atoms with Crippen LogP contribution in [0.15, 0.2) is 42.5 Å². The molecule has 2 rings (SSSR count). The molecule has 2 aromatic carbocycles. The third-order valence-corrected chi connectivity index (χ3v) is 3.16. The second-order valence-electron chi connectivity index (χ2n) is 4.56. The smallest absolute Gasteiger partial charge is 0.338 e. The van der Waals surface area contributed by atoms with E-state index >= 15 is 0 Å². The Bertz CT molecular complexity index is 711. The van der Waals surface area contributed by atoms with E-state index in [1.807, 2.05) is 0 Å². The summed E-state index contributed by atoms with van der Waals surface area (Å²) in [5, 5.41) is 10.6. The average Bonchev–Trinajstić information content (AvgIpc) is 2.59. The number of hydrogen-bond donors (Lipinski definition) is 0. The van der Waals surface area contributed by atoms with Gasteiger partial charge in [0, 0.05) is 17.7 Å². The van der Waals surface area contributed by atoms with Crippen LogP contribution in [0.2, 0.25) is 0 Å². The minimum Gasteiger partial charge on any atom is -0.497 e. The molecule has 0 atom stereocenters. The molecular formula is C16H15NO6. The van der Waals surface area contributed by atoms with Gasteiger partial charge in [-0.05, 0) is 30.3 Å². The summed E-state index contributed by atoms with van der Waals surface area (Å²) in [4.78, 5) is 22.0. The number of carbonyl (C=O) groups excluding carboxylic acids is 1. The molecule has 0 aliphatic rings. The van der Waals surface area contributed by atoms with Crippen molar-refractivity contribution >= 4 is 11.7 Å². The standard InChI is InChI=1S/C16H15NO6/c1-21-14-7-8-15(22-2)12(9-14)10-23-16(18)11-3-5-13(6-4-11)17(19)20/h3-9H,10H2,1-2H3. The summed E-state index contributed by atoms with van der Waals surface area (Å²) in [6.07, 6.45) is 0. The second kappa shape index (κ2) is 7.26. The molecular weight excluding hydrogens is 302 g/mol. The van der Waals surface area contributed by atoms with Crippen molar-refractivity contribution < 1.29 is 23.9 Å². The van der Waals surface area contributed by atoms with Gasteiger partial charge in [0.05, 0.1) is 24.7 Å². The van der Waals surface area contributed by atoms with Crippen LogP contribution in [0.25, 0.3) is 0 Å². The molecule has 23 heavy (non-hydrogen) atoms. The number of hydrogen-bond acceptors (Lipinski definition) is 6. The molecule has 0 aromatic heterocycles. The molecule has 0 saturated carbocycles. The maximum Gasteiger partial charge on any atom is 0.338 e. The lowest BCUT2D eigenvalue weighted by atomic mass is 10.2. The first-order valence-corrected chi connectivity index (χ1v) is 6.67. The molecule has 120 valence electrons. The fraction of sp³-hybridized carbons (Fsp3) is 0.188. The molecule has 0 spiro atoms. The van der Waals surface area contributed by atoms with Gasteiger partial charge < -0.3 is 14.2 Å². The lowest BCUT2D eigenvalue weighted by Crippen LogP contribution is -2.06. The van der Waals surface area contributed by atoms with Crippen molar-refractivity contribution in [3.63, 3.8) is 0 Å². The van der Waals surface area contributed by atoms with E-state index in [2.05, 4.69) is 0 Å². The summed E-state index contributed by atoms with van der Waals surface area (Å²) in [5.41, 5.74) is 0.801. The molecule has 0 fully saturated rings. The van der Waals surface area contributed by atoms with Crippen LogP contribution in [0, 0.1) is 10.1 Å². The van der Waals surface area contributed by atoms with Gasteiger partial charge in [0.2, 0.25) is 0 Å². The third-order valence-electron chi connectivity index (χ3n) is 3.16. The highest BCUT2D eigenvalue weighted by Gasteiger charge is 2.12. The van der Waals surface area contributed by atoms with E-state index in [1.165, 1.54) is 38.5 Å². The zero-order valence-electron chi connectivity index (χ0n) is 12.6. The van der Waals surface area contributed by atoms with E-state index in [1.54, 1.807) is 18.2 Å². The van der Waals surface area contributed by atoms with E-state index in [-0.39, 0.29) is 17.9 Å². The number of nitro groups is 1. The van der Waals surface area contributed by atoms with Crippen molar-refractivity contribution in [1.29, 1.82) is 0 Å². The normalized spacial score (nSPS) is 10.0.